The van der Waals surface area contributed by atoms with Gasteiger partial charge < -0.3 is 10.4 Å². The Morgan fingerprint density at radius 3 is 2.40 bits per heavy atom. The molecule has 1 aromatic carbocycles. The van der Waals surface area contributed by atoms with Gasteiger partial charge in [0.15, 0.2) is 0 Å². The molecule has 0 heterocycles. The van der Waals surface area contributed by atoms with Crippen molar-refractivity contribution in [1.29, 1.82) is 0 Å². The van der Waals surface area contributed by atoms with Gasteiger partial charge in [-0.05, 0) is 30.5 Å². The van der Waals surface area contributed by atoms with Gasteiger partial charge >= 0.3 is 0 Å². The summed E-state index contributed by atoms with van der Waals surface area (Å²) in [6.45, 7) is 7.77. The molecule has 2 unspecified atom stereocenters. The van der Waals surface area contributed by atoms with Crippen molar-refractivity contribution in [2.24, 2.45) is 0 Å². The highest BCUT2D eigenvalue weighted by Gasteiger charge is 2.12. The molecule has 2 atom stereocenters. The third kappa shape index (κ3) is 6.29. The number of benzene rings is 1. The van der Waals surface area contributed by atoms with Crippen LogP contribution in [0.15, 0.2) is 24.3 Å². The summed E-state index contributed by atoms with van der Waals surface area (Å²) in [7, 11) is 0. The molecule has 0 spiro atoms. The smallest absolute Gasteiger partial charge is 0.0547 e. The third-order valence-electron chi connectivity index (χ3n) is 3.37. The van der Waals surface area contributed by atoms with Gasteiger partial charge in [-0.1, -0.05) is 51.5 Å². The van der Waals surface area contributed by atoms with E-state index in [1.807, 2.05) is 11.8 Å². The normalized spacial score (nSPS) is 14.2. The van der Waals surface area contributed by atoms with Crippen LogP contribution in [0.25, 0.3) is 0 Å². The summed E-state index contributed by atoms with van der Waals surface area (Å²) in [5.41, 5.74) is 2.78. The minimum absolute atomic E-state index is 0.251. The number of nitrogens with one attached hydrogen (secondary N) is 1. The zero-order valence-electron chi connectivity index (χ0n) is 13.1. The molecule has 20 heavy (non-hydrogen) atoms. The fraction of sp³-hybridized carbons (Fsp3) is 0.647. The van der Waals surface area contributed by atoms with Crippen molar-refractivity contribution in [3.05, 3.63) is 35.4 Å². The first-order chi connectivity index (χ1) is 9.71. The molecule has 0 aliphatic heterocycles. The highest BCUT2D eigenvalue weighted by atomic mass is 32.2. The Morgan fingerprint density at radius 1 is 1.15 bits per heavy atom. The fourth-order valence-electron chi connectivity index (χ4n) is 2.11. The topological polar surface area (TPSA) is 32.3 Å². The Morgan fingerprint density at radius 2 is 1.85 bits per heavy atom. The summed E-state index contributed by atoms with van der Waals surface area (Å²) < 4.78 is 0. The highest BCUT2D eigenvalue weighted by Crippen LogP contribution is 2.22. The van der Waals surface area contributed by atoms with E-state index in [1.165, 1.54) is 17.5 Å². The summed E-state index contributed by atoms with van der Waals surface area (Å²) in [4.78, 5) is 0. The summed E-state index contributed by atoms with van der Waals surface area (Å²) in [6.07, 6.45) is 3.50. The first kappa shape index (κ1) is 17.5. The van der Waals surface area contributed by atoms with Crippen LogP contribution in [0.3, 0.4) is 0 Å². The first-order valence-corrected chi connectivity index (χ1v) is 8.80. The van der Waals surface area contributed by atoms with Crippen LogP contribution >= 0.6 is 11.8 Å². The Kier molecular flexibility index (Phi) is 8.99. The molecule has 0 saturated carbocycles. The molecule has 0 amide bonds. The second-order valence-corrected chi connectivity index (χ2v) is 6.80. The molecule has 0 saturated heterocycles. The van der Waals surface area contributed by atoms with Crippen molar-refractivity contribution in [3.8, 4) is 0 Å². The number of aryl methyl sites for hydroxylation is 1. The van der Waals surface area contributed by atoms with Crippen molar-refractivity contribution >= 4 is 11.8 Å². The molecule has 0 aliphatic rings. The molecule has 0 fully saturated rings. The second kappa shape index (κ2) is 10.3. The molecule has 0 aromatic heterocycles. The van der Waals surface area contributed by atoms with E-state index in [0.717, 1.165) is 25.1 Å². The Bertz CT molecular complexity index is 353. The van der Waals surface area contributed by atoms with Gasteiger partial charge in [0.1, 0.15) is 0 Å². The number of aliphatic hydroxyl groups is 1. The van der Waals surface area contributed by atoms with Gasteiger partial charge in [0, 0.05) is 17.0 Å². The second-order valence-electron chi connectivity index (χ2n) is 5.32. The van der Waals surface area contributed by atoms with Crippen molar-refractivity contribution in [2.45, 2.75) is 51.3 Å². The average molecular weight is 295 g/mol. The molecule has 1 rings (SSSR count). The van der Waals surface area contributed by atoms with E-state index in [4.69, 9.17) is 5.11 Å². The zero-order chi connectivity index (χ0) is 14.8. The molecular weight excluding hydrogens is 266 g/mol. The van der Waals surface area contributed by atoms with Gasteiger partial charge in [-0.25, -0.2) is 0 Å². The van der Waals surface area contributed by atoms with Gasteiger partial charge in [0.2, 0.25) is 0 Å². The standard InChI is InChI=1S/C17H29NOS/c1-4-6-15-7-9-16(10-8-15)17(18-11-5-2)13-20-14(3)12-19/h7-10,14,17-19H,4-6,11-13H2,1-3H3. The van der Waals surface area contributed by atoms with E-state index >= 15 is 0 Å². The average Bonchev–Trinajstić information content (AvgIpc) is 2.48. The van der Waals surface area contributed by atoms with Gasteiger partial charge in [-0.3, -0.25) is 0 Å². The lowest BCUT2D eigenvalue weighted by molar-refractivity contribution is 0.300. The van der Waals surface area contributed by atoms with E-state index in [1.54, 1.807) is 0 Å². The van der Waals surface area contributed by atoms with Crippen molar-refractivity contribution in [1.82, 2.24) is 5.32 Å². The van der Waals surface area contributed by atoms with Gasteiger partial charge in [0.25, 0.3) is 0 Å². The maximum atomic E-state index is 9.15. The molecular formula is C17H29NOS. The van der Waals surface area contributed by atoms with E-state index in [-0.39, 0.29) is 6.61 Å². The molecule has 2 nitrogen and oxygen atoms in total. The Hall–Kier alpha value is -0.510. The molecule has 3 heteroatoms. The number of hydrogen-bond acceptors (Lipinski definition) is 3. The zero-order valence-corrected chi connectivity index (χ0v) is 13.9. The van der Waals surface area contributed by atoms with Crippen molar-refractivity contribution in [2.75, 3.05) is 18.9 Å². The number of hydrogen-bond donors (Lipinski definition) is 2. The van der Waals surface area contributed by atoms with E-state index in [9.17, 15) is 0 Å². The number of rotatable bonds is 10. The predicted molar refractivity (Wildman–Crippen MR) is 90.5 cm³/mol. The van der Waals surface area contributed by atoms with Crippen molar-refractivity contribution in [3.63, 3.8) is 0 Å². The van der Waals surface area contributed by atoms with E-state index in [0.29, 0.717) is 11.3 Å². The van der Waals surface area contributed by atoms with Gasteiger partial charge in [-0.15, -0.1) is 0 Å². The molecule has 2 N–H and O–H groups in total. The SMILES string of the molecule is CCCNC(CSC(C)CO)c1ccc(CCC)cc1. The lowest BCUT2D eigenvalue weighted by atomic mass is 10.0. The summed E-state index contributed by atoms with van der Waals surface area (Å²) in [6, 6.07) is 9.38. The largest absolute Gasteiger partial charge is 0.395 e. The summed E-state index contributed by atoms with van der Waals surface area (Å²) in [5.74, 6) is 1.01. The maximum Gasteiger partial charge on any atom is 0.0547 e. The first-order valence-electron chi connectivity index (χ1n) is 7.75. The minimum atomic E-state index is 0.251. The van der Waals surface area contributed by atoms with Crippen molar-refractivity contribution < 1.29 is 5.11 Å². The monoisotopic (exact) mass is 295 g/mol. The van der Waals surface area contributed by atoms with E-state index in [2.05, 4.69) is 50.4 Å². The highest BCUT2D eigenvalue weighted by molar-refractivity contribution is 7.99. The number of thioether (sulfide) groups is 1. The van der Waals surface area contributed by atoms with Crippen LogP contribution in [0.4, 0.5) is 0 Å². The lowest BCUT2D eigenvalue weighted by Crippen LogP contribution is -2.25. The predicted octanol–water partition coefficient (Wildman–Crippen LogP) is 3.79. The maximum absolute atomic E-state index is 9.15. The third-order valence-corrected chi connectivity index (χ3v) is 4.61. The van der Waals surface area contributed by atoms with Crippen LogP contribution in [0, 0.1) is 0 Å². The molecule has 114 valence electrons. The summed E-state index contributed by atoms with van der Waals surface area (Å²) >= 11 is 1.83. The van der Waals surface area contributed by atoms with Crippen LogP contribution in [-0.4, -0.2) is 29.3 Å². The fourth-order valence-corrected chi connectivity index (χ4v) is 3.05. The molecule has 1 aromatic rings. The molecule has 0 bridgehead atoms. The van der Waals surface area contributed by atoms with E-state index < -0.39 is 0 Å². The molecule has 0 radical (unpaired) electrons. The van der Waals surface area contributed by atoms with Crippen LogP contribution < -0.4 is 5.32 Å². The van der Waals surface area contributed by atoms with Gasteiger partial charge in [0.05, 0.1) is 6.61 Å². The minimum Gasteiger partial charge on any atom is -0.395 e. The lowest BCUT2D eigenvalue weighted by Gasteiger charge is -2.20. The number of aliphatic hydroxyl groups excluding tert-OH is 1. The van der Waals surface area contributed by atoms with Gasteiger partial charge in [-0.2, -0.15) is 11.8 Å². The molecule has 0 aliphatic carbocycles. The van der Waals surface area contributed by atoms with Crippen LogP contribution in [-0.2, 0) is 6.42 Å². The van der Waals surface area contributed by atoms with Crippen LogP contribution in [0.2, 0.25) is 0 Å². The quantitative estimate of drug-likeness (QED) is 0.689. The van der Waals surface area contributed by atoms with Crippen LogP contribution in [0.5, 0.6) is 0 Å². The Labute approximate surface area is 128 Å². The summed E-state index contributed by atoms with van der Waals surface area (Å²) in [5, 5.41) is 13.1. The Balaban J connectivity index is 2.65. The van der Waals surface area contributed by atoms with Crippen LogP contribution in [0.1, 0.15) is 50.8 Å².